The van der Waals surface area contributed by atoms with Crippen LogP contribution in [-0.2, 0) is 23.5 Å². The number of aromatic nitrogens is 2. The fourth-order valence-electron chi connectivity index (χ4n) is 4.08. The molecule has 1 aliphatic rings. The number of nitrogens with zero attached hydrogens (tertiary/aromatic N) is 2. The smallest absolute Gasteiger partial charge is 0.267 e. The van der Waals surface area contributed by atoms with Gasteiger partial charge in [-0.1, -0.05) is 73.6 Å². The number of rotatable bonds is 5. The number of benzene rings is 2. The van der Waals surface area contributed by atoms with Crippen LogP contribution in [0.3, 0.4) is 0 Å². The van der Waals surface area contributed by atoms with E-state index in [4.69, 9.17) is 9.72 Å². The van der Waals surface area contributed by atoms with Crippen molar-refractivity contribution >= 4 is 33.3 Å². The van der Waals surface area contributed by atoms with Gasteiger partial charge < -0.3 is 4.74 Å². The molecule has 6 heteroatoms. The molecule has 2 aromatic heterocycles. The highest BCUT2D eigenvalue weighted by molar-refractivity contribution is 7.98. The predicted octanol–water partition coefficient (Wildman–Crippen LogP) is 6.15. The van der Waals surface area contributed by atoms with E-state index < -0.39 is 0 Å². The molecule has 0 fully saturated rings. The van der Waals surface area contributed by atoms with Crippen LogP contribution in [0, 0.1) is 12.8 Å². The Morgan fingerprint density at radius 1 is 1.16 bits per heavy atom. The molecule has 0 N–H and O–H groups in total. The SMILES string of the molecule is Cc1ccc(-n2c(SCc3ccccc3)nc3sc4c(c3c2=O)CC(C(C)C)OC4)cc1. The van der Waals surface area contributed by atoms with E-state index in [-0.39, 0.29) is 11.7 Å². The van der Waals surface area contributed by atoms with Crippen LogP contribution in [0.4, 0.5) is 0 Å². The summed E-state index contributed by atoms with van der Waals surface area (Å²) in [5, 5.41) is 1.50. The zero-order valence-electron chi connectivity index (χ0n) is 18.5. The van der Waals surface area contributed by atoms with Gasteiger partial charge >= 0.3 is 0 Å². The zero-order valence-corrected chi connectivity index (χ0v) is 20.1. The number of aryl methyl sites for hydroxylation is 1. The van der Waals surface area contributed by atoms with Crippen LogP contribution < -0.4 is 5.56 Å². The molecule has 0 saturated carbocycles. The predicted molar refractivity (Wildman–Crippen MR) is 133 cm³/mol. The van der Waals surface area contributed by atoms with Crippen LogP contribution in [0.5, 0.6) is 0 Å². The number of thiophene rings is 1. The van der Waals surface area contributed by atoms with E-state index >= 15 is 0 Å². The molecule has 4 aromatic rings. The Hall–Kier alpha value is -2.41. The third kappa shape index (κ3) is 4.03. The van der Waals surface area contributed by atoms with Gasteiger partial charge in [0.05, 0.1) is 23.8 Å². The summed E-state index contributed by atoms with van der Waals surface area (Å²) < 4.78 is 7.86. The number of ether oxygens (including phenoxy) is 1. The average molecular weight is 463 g/mol. The van der Waals surface area contributed by atoms with Crippen LogP contribution in [-0.4, -0.2) is 15.7 Å². The van der Waals surface area contributed by atoms with E-state index in [2.05, 4.69) is 32.9 Å². The van der Waals surface area contributed by atoms with Crippen LogP contribution in [0.25, 0.3) is 15.9 Å². The molecule has 0 aliphatic carbocycles. The van der Waals surface area contributed by atoms with Gasteiger partial charge in [0.25, 0.3) is 5.56 Å². The van der Waals surface area contributed by atoms with Crippen molar-refractivity contribution in [2.24, 2.45) is 5.92 Å². The van der Waals surface area contributed by atoms with Crippen molar-refractivity contribution in [3.8, 4) is 5.69 Å². The van der Waals surface area contributed by atoms with Crippen LogP contribution in [0.15, 0.2) is 64.5 Å². The topological polar surface area (TPSA) is 44.1 Å². The van der Waals surface area contributed by atoms with Gasteiger partial charge in [-0.15, -0.1) is 11.3 Å². The fraction of sp³-hybridized carbons (Fsp3) is 0.308. The van der Waals surface area contributed by atoms with Crippen molar-refractivity contribution in [1.82, 2.24) is 9.55 Å². The molecule has 0 saturated heterocycles. The molecule has 1 unspecified atom stereocenters. The average Bonchev–Trinajstić information content (AvgIpc) is 3.17. The Bertz CT molecular complexity index is 1310. The minimum atomic E-state index is 0.0244. The lowest BCUT2D eigenvalue weighted by molar-refractivity contribution is 0.00200. The van der Waals surface area contributed by atoms with Gasteiger partial charge in [0.2, 0.25) is 0 Å². The first-order valence-corrected chi connectivity index (χ1v) is 12.7. The molecule has 0 bridgehead atoms. The molecular weight excluding hydrogens is 436 g/mol. The van der Waals surface area contributed by atoms with Crippen molar-refractivity contribution in [3.05, 3.63) is 86.5 Å². The summed E-state index contributed by atoms with van der Waals surface area (Å²) in [5.74, 6) is 1.17. The minimum absolute atomic E-state index is 0.0244. The number of thioether (sulfide) groups is 1. The molecule has 2 aromatic carbocycles. The van der Waals surface area contributed by atoms with Crippen molar-refractivity contribution < 1.29 is 4.74 Å². The lowest BCUT2D eigenvalue weighted by Gasteiger charge is -2.26. The number of hydrogen-bond donors (Lipinski definition) is 0. The summed E-state index contributed by atoms with van der Waals surface area (Å²) in [6.45, 7) is 6.97. The second-order valence-corrected chi connectivity index (χ2v) is 10.7. The summed E-state index contributed by atoms with van der Waals surface area (Å²) in [5.41, 5.74) is 4.39. The Morgan fingerprint density at radius 3 is 2.62 bits per heavy atom. The molecule has 3 heterocycles. The van der Waals surface area contributed by atoms with E-state index in [1.165, 1.54) is 11.1 Å². The van der Waals surface area contributed by atoms with Gasteiger partial charge in [0, 0.05) is 17.1 Å². The van der Waals surface area contributed by atoms with Crippen LogP contribution in [0.1, 0.15) is 35.4 Å². The van der Waals surface area contributed by atoms with Crippen molar-refractivity contribution in [3.63, 3.8) is 0 Å². The lowest BCUT2D eigenvalue weighted by atomic mass is 9.96. The normalized spacial score (nSPS) is 15.9. The maximum atomic E-state index is 13.9. The molecule has 0 radical (unpaired) electrons. The molecule has 1 aliphatic heterocycles. The van der Waals surface area contributed by atoms with Gasteiger partial charge in [-0.05, 0) is 36.1 Å². The first-order valence-electron chi connectivity index (χ1n) is 10.9. The molecule has 5 rings (SSSR count). The van der Waals surface area contributed by atoms with Crippen LogP contribution in [0.2, 0.25) is 0 Å². The maximum Gasteiger partial charge on any atom is 0.267 e. The molecule has 32 heavy (non-hydrogen) atoms. The van der Waals surface area contributed by atoms with Gasteiger partial charge in [-0.2, -0.15) is 0 Å². The van der Waals surface area contributed by atoms with Gasteiger partial charge in [0.15, 0.2) is 5.16 Å². The van der Waals surface area contributed by atoms with Crippen molar-refractivity contribution in [2.75, 3.05) is 0 Å². The molecular formula is C26H26N2O2S2. The summed E-state index contributed by atoms with van der Waals surface area (Å²) >= 11 is 3.21. The monoisotopic (exact) mass is 462 g/mol. The summed E-state index contributed by atoms with van der Waals surface area (Å²) in [6, 6.07) is 18.4. The lowest BCUT2D eigenvalue weighted by Crippen LogP contribution is -2.28. The standard InChI is InChI=1S/C26H26N2O2S2/c1-16(2)21-13-20-22(14-30-21)32-24-23(20)25(29)28(19-11-9-17(3)10-12-19)26(27-24)31-15-18-7-5-4-6-8-18/h4-12,16,21H,13-15H2,1-3H3. The molecule has 0 amide bonds. The second kappa shape index (κ2) is 8.85. The zero-order chi connectivity index (χ0) is 22.2. The third-order valence-electron chi connectivity index (χ3n) is 5.96. The Balaban J connectivity index is 1.66. The van der Waals surface area contributed by atoms with E-state index in [1.54, 1.807) is 27.7 Å². The quantitative estimate of drug-likeness (QED) is 0.264. The molecule has 0 spiro atoms. The van der Waals surface area contributed by atoms with Gasteiger partial charge in [-0.25, -0.2) is 4.98 Å². The number of hydrogen-bond acceptors (Lipinski definition) is 5. The van der Waals surface area contributed by atoms with Crippen molar-refractivity contribution in [2.45, 2.75) is 50.8 Å². The van der Waals surface area contributed by atoms with E-state index in [1.807, 2.05) is 42.5 Å². The summed E-state index contributed by atoms with van der Waals surface area (Å²) in [7, 11) is 0. The van der Waals surface area contributed by atoms with E-state index in [0.29, 0.717) is 12.5 Å². The largest absolute Gasteiger partial charge is 0.372 e. The Kier molecular flexibility index (Phi) is 5.93. The third-order valence-corrected chi connectivity index (χ3v) is 8.07. The van der Waals surface area contributed by atoms with Crippen molar-refractivity contribution in [1.29, 1.82) is 0 Å². The maximum absolute atomic E-state index is 13.9. The van der Waals surface area contributed by atoms with E-state index in [9.17, 15) is 4.79 Å². The van der Waals surface area contributed by atoms with Gasteiger partial charge in [-0.3, -0.25) is 9.36 Å². The first kappa shape index (κ1) is 21.4. The Labute approximate surface area is 196 Å². The minimum Gasteiger partial charge on any atom is -0.372 e. The summed E-state index contributed by atoms with van der Waals surface area (Å²) in [6.07, 6.45) is 0.911. The molecule has 164 valence electrons. The first-order chi connectivity index (χ1) is 15.5. The fourth-order valence-corrected chi connectivity index (χ4v) is 6.21. The van der Waals surface area contributed by atoms with Gasteiger partial charge in [0.1, 0.15) is 4.83 Å². The van der Waals surface area contributed by atoms with E-state index in [0.717, 1.165) is 43.7 Å². The highest BCUT2D eigenvalue weighted by Crippen LogP contribution is 2.36. The second-order valence-electron chi connectivity index (χ2n) is 8.63. The summed E-state index contributed by atoms with van der Waals surface area (Å²) in [4.78, 5) is 20.9. The van der Waals surface area contributed by atoms with Crippen LogP contribution >= 0.6 is 23.1 Å². The highest BCUT2D eigenvalue weighted by atomic mass is 32.2. The highest BCUT2D eigenvalue weighted by Gasteiger charge is 2.28. The molecule has 4 nitrogen and oxygen atoms in total. The Morgan fingerprint density at radius 2 is 1.91 bits per heavy atom. The number of fused-ring (bicyclic) bond motifs is 3. The molecule has 1 atom stereocenters.